The number of rotatable bonds is 1. The zero-order chi connectivity index (χ0) is 9.97. The van der Waals surface area contributed by atoms with Gasteiger partial charge in [-0.25, -0.2) is 9.78 Å². The number of nitrogens with one attached hydrogen (secondary N) is 1. The van der Waals surface area contributed by atoms with Gasteiger partial charge in [-0.1, -0.05) is 11.8 Å². The molecular weight excluding hydrogens is 200 g/mol. The van der Waals surface area contributed by atoms with Crippen molar-refractivity contribution in [3.63, 3.8) is 0 Å². The number of thioether (sulfide) groups is 1. The van der Waals surface area contributed by atoms with Gasteiger partial charge in [0.05, 0.1) is 12.8 Å². The van der Waals surface area contributed by atoms with E-state index in [1.165, 1.54) is 18.9 Å². The van der Waals surface area contributed by atoms with Crippen molar-refractivity contribution in [2.45, 2.75) is 5.03 Å². The summed E-state index contributed by atoms with van der Waals surface area (Å²) in [6, 6.07) is 3.74. The van der Waals surface area contributed by atoms with Crippen LogP contribution in [0.4, 0.5) is 5.69 Å². The van der Waals surface area contributed by atoms with Crippen molar-refractivity contribution in [3.8, 4) is 0 Å². The monoisotopic (exact) mass is 208 g/mol. The van der Waals surface area contributed by atoms with Gasteiger partial charge in [0.25, 0.3) is 0 Å². The molecule has 1 aromatic heterocycles. The Morgan fingerprint density at radius 3 is 3.29 bits per heavy atom. The van der Waals surface area contributed by atoms with E-state index in [9.17, 15) is 4.79 Å². The van der Waals surface area contributed by atoms with E-state index in [-0.39, 0.29) is 5.97 Å². The number of anilines is 1. The molecule has 0 spiro atoms. The van der Waals surface area contributed by atoms with Crippen LogP contribution in [0, 0.1) is 0 Å². The van der Waals surface area contributed by atoms with Crippen LogP contribution in [0.15, 0.2) is 34.5 Å². The predicted octanol–water partition coefficient (Wildman–Crippen LogP) is 1.61. The molecule has 0 aliphatic carbocycles. The van der Waals surface area contributed by atoms with Gasteiger partial charge < -0.3 is 10.1 Å². The molecular formula is C9H8N2O2S. The van der Waals surface area contributed by atoms with Gasteiger partial charge >= 0.3 is 5.97 Å². The Morgan fingerprint density at radius 2 is 2.50 bits per heavy atom. The highest BCUT2D eigenvalue weighted by Crippen LogP contribution is 2.34. The number of esters is 1. The molecule has 0 saturated heterocycles. The van der Waals surface area contributed by atoms with E-state index < -0.39 is 0 Å². The summed E-state index contributed by atoms with van der Waals surface area (Å²) in [7, 11) is 1.36. The molecule has 5 heteroatoms. The fourth-order valence-electron chi connectivity index (χ4n) is 1.06. The largest absolute Gasteiger partial charge is 0.465 e. The zero-order valence-electron chi connectivity index (χ0n) is 7.48. The van der Waals surface area contributed by atoms with Crippen molar-refractivity contribution in [1.29, 1.82) is 0 Å². The van der Waals surface area contributed by atoms with Crippen LogP contribution >= 0.6 is 11.8 Å². The zero-order valence-corrected chi connectivity index (χ0v) is 8.30. The molecule has 2 rings (SSSR count). The maximum atomic E-state index is 11.2. The van der Waals surface area contributed by atoms with Gasteiger partial charge in [0.1, 0.15) is 9.93 Å². The highest BCUT2D eigenvalue weighted by atomic mass is 32.2. The normalized spacial score (nSPS) is 13.6. The van der Waals surface area contributed by atoms with E-state index in [0.29, 0.717) is 4.91 Å². The van der Waals surface area contributed by atoms with Crippen molar-refractivity contribution in [2.75, 3.05) is 12.4 Å². The second-order valence-electron chi connectivity index (χ2n) is 2.60. The molecule has 0 amide bonds. The molecule has 0 fully saturated rings. The van der Waals surface area contributed by atoms with Crippen LogP contribution < -0.4 is 5.32 Å². The minimum absolute atomic E-state index is 0.348. The Kier molecular flexibility index (Phi) is 2.41. The Balaban J connectivity index is 2.25. The quantitative estimate of drug-likeness (QED) is 0.710. The van der Waals surface area contributed by atoms with Crippen LogP contribution in [-0.2, 0) is 9.53 Å². The molecule has 0 unspecified atom stereocenters. The number of nitrogens with zero attached hydrogens (tertiary/aromatic N) is 1. The lowest BCUT2D eigenvalue weighted by molar-refractivity contribution is -0.135. The third-order valence-corrected chi connectivity index (χ3v) is 2.75. The molecule has 1 aromatic rings. The molecule has 14 heavy (non-hydrogen) atoms. The Hall–Kier alpha value is -1.49. The fourth-order valence-corrected chi connectivity index (χ4v) is 1.90. The molecule has 4 nitrogen and oxygen atoms in total. The average molecular weight is 208 g/mol. The summed E-state index contributed by atoms with van der Waals surface area (Å²) in [4.78, 5) is 15.8. The first kappa shape index (κ1) is 9.08. The number of methoxy groups -OCH3 is 1. The lowest BCUT2D eigenvalue weighted by Crippen LogP contribution is -2.08. The molecule has 0 atom stereocenters. The van der Waals surface area contributed by atoms with E-state index in [2.05, 4.69) is 15.0 Å². The summed E-state index contributed by atoms with van der Waals surface area (Å²) in [5, 5.41) is 3.77. The van der Waals surface area contributed by atoms with E-state index in [0.717, 1.165) is 10.7 Å². The number of carbonyl (C=O) groups is 1. The number of hydrogen-bond acceptors (Lipinski definition) is 5. The van der Waals surface area contributed by atoms with E-state index in [1.54, 1.807) is 12.4 Å². The summed E-state index contributed by atoms with van der Waals surface area (Å²) in [6.07, 6.45) is 3.31. The van der Waals surface area contributed by atoms with Crippen LogP contribution in [0.5, 0.6) is 0 Å². The molecule has 0 bridgehead atoms. The Morgan fingerprint density at radius 1 is 1.64 bits per heavy atom. The van der Waals surface area contributed by atoms with E-state index >= 15 is 0 Å². The molecule has 2 heterocycles. The van der Waals surface area contributed by atoms with E-state index in [1.807, 2.05) is 12.1 Å². The van der Waals surface area contributed by atoms with Crippen LogP contribution in [0.3, 0.4) is 0 Å². The first-order valence-corrected chi connectivity index (χ1v) is 4.81. The standard InChI is InChI=1S/C9H8N2O2S/c1-13-9(12)7-5-11-6-3-2-4-10-8(6)14-7/h2-5,11H,1H3. The van der Waals surface area contributed by atoms with Crippen molar-refractivity contribution in [2.24, 2.45) is 0 Å². The highest BCUT2D eigenvalue weighted by molar-refractivity contribution is 8.04. The lowest BCUT2D eigenvalue weighted by atomic mass is 10.4. The highest BCUT2D eigenvalue weighted by Gasteiger charge is 2.18. The number of pyridine rings is 1. The summed E-state index contributed by atoms with van der Waals surface area (Å²) >= 11 is 1.30. The van der Waals surface area contributed by atoms with Gasteiger partial charge in [-0.05, 0) is 12.1 Å². The smallest absolute Gasteiger partial charge is 0.346 e. The maximum absolute atomic E-state index is 11.2. The molecule has 1 aliphatic rings. The molecule has 0 radical (unpaired) electrons. The van der Waals surface area contributed by atoms with Gasteiger partial charge in [-0.15, -0.1) is 0 Å². The number of fused-ring (bicyclic) bond motifs is 1. The first-order chi connectivity index (χ1) is 6.81. The molecule has 1 N–H and O–H groups in total. The Labute approximate surface area is 85.4 Å². The summed E-state index contributed by atoms with van der Waals surface area (Å²) in [6.45, 7) is 0. The average Bonchev–Trinajstić information content (AvgIpc) is 2.27. The second kappa shape index (κ2) is 3.71. The van der Waals surface area contributed by atoms with Gasteiger partial charge in [0.2, 0.25) is 0 Å². The van der Waals surface area contributed by atoms with Gasteiger partial charge in [-0.2, -0.15) is 0 Å². The SMILES string of the molecule is COC(=O)C1=CNc2cccnc2S1. The molecule has 0 saturated carbocycles. The molecule has 72 valence electrons. The predicted molar refractivity (Wildman–Crippen MR) is 53.8 cm³/mol. The third-order valence-electron chi connectivity index (χ3n) is 1.72. The minimum Gasteiger partial charge on any atom is -0.465 e. The summed E-state index contributed by atoms with van der Waals surface area (Å²) in [5.74, 6) is -0.348. The topological polar surface area (TPSA) is 51.2 Å². The van der Waals surface area contributed by atoms with Crippen molar-refractivity contribution >= 4 is 23.4 Å². The first-order valence-electron chi connectivity index (χ1n) is 3.99. The van der Waals surface area contributed by atoms with Gasteiger partial charge in [0.15, 0.2) is 0 Å². The maximum Gasteiger partial charge on any atom is 0.346 e. The number of aromatic nitrogens is 1. The number of hydrogen-bond donors (Lipinski definition) is 1. The van der Waals surface area contributed by atoms with Crippen LogP contribution in [0.2, 0.25) is 0 Å². The van der Waals surface area contributed by atoms with Gasteiger partial charge in [0, 0.05) is 12.4 Å². The van der Waals surface area contributed by atoms with Crippen LogP contribution in [-0.4, -0.2) is 18.1 Å². The van der Waals surface area contributed by atoms with Gasteiger partial charge in [-0.3, -0.25) is 0 Å². The number of ether oxygens (including phenoxy) is 1. The third kappa shape index (κ3) is 1.58. The van der Waals surface area contributed by atoms with Crippen LogP contribution in [0.25, 0.3) is 0 Å². The summed E-state index contributed by atoms with van der Waals surface area (Å²) in [5.41, 5.74) is 0.908. The van der Waals surface area contributed by atoms with Crippen LogP contribution in [0.1, 0.15) is 0 Å². The Bertz CT molecular complexity index is 404. The van der Waals surface area contributed by atoms with Crippen molar-refractivity contribution < 1.29 is 9.53 Å². The minimum atomic E-state index is -0.348. The van der Waals surface area contributed by atoms with E-state index in [4.69, 9.17) is 0 Å². The fraction of sp³-hybridized carbons (Fsp3) is 0.111. The number of carbonyl (C=O) groups excluding carboxylic acids is 1. The molecule has 0 aromatic carbocycles. The molecule has 1 aliphatic heterocycles. The summed E-state index contributed by atoms with van der Waals surface area (Å²) < 4.78 is 4.61. The lowest BCUT2D eigenvalue weighted by Gasteiger charge is -2.14. The van der Waals surface area contributed by atoms with Crippen molar-refractivity contribution in [1.82, 2.24) is 4.98 Å². The second-order valence-corrected chi connectivity index (χ2v) is 3.63. The van der Waals surface area contributed by atoms with Crippen molar-refractivity contribution in [3.05, 3.63) is 29.4 Å².